The fraction of sp³-hybridized carbons (Fsp3) is 0.400. The summed E-state index contributed by atoms with van der Waals surface area (Å²) in [5.74, 6) is 0.954. The molecule has 1 aromatic carbocycles. The van der Waals surface area contributed by atoms with E-state index in [4.69, 9.17) is 4.74 Å². The first kappa shape index (κ1) is 17.4. The number of hydrogen-bond acceptors (Lipinski definition) is 4. The van der Waals surface area contributed by atoms with E-state index in [0.29, 0.717) is 11.5 Å². The Bertz CT molecular complexity index is 727. The number of amides is 1. The number of methoxy groups -OCH3 is 1. The molecule has 1 saturated carbocycles. The third kappa shape index (κ3) is 4.17. The quantitative estimate of drug-likeness (QED) is 0.848. The summed E-state index contributed by atoms with van der Waals surface area (Å²) in [6.07, 6.45) is 5.48. The van der Waals surface area contributed by atoms with Crippen LogP contribution >= 0.6 is 0 Å². The van der Waals surface area contributed by atoms with Gasteiger partial charge in [0.25, 0.3) is 5.91 Å². The number of rotatable bonds is 6. The Labute approximate surface area is 148 Å². The molecule has 2 N–H and O–H groups in total. The molecule has 1 aromatic heterocycles. The molecule has 0 aliphatic heterocycles. The number of nitrogens with one attached hydrogen (secondary N) is 1. The molecule has 5 nitrogen and oxygen atoms in total. The van der Waals surface area contributed by atoms with Crippen molar-refractivity contribution in [2.45, 2.75) is 38.3 Å². The van der Waals surface area contributed by atoms with Gasteiger partial charge in [0.2, 0.25) is 0 Å². The molecular weight excluding hydrogens is 316 g/mol. The smallest absolute Gasteiger partial charge is 0.251 e. The van der Waals surface area contributed by atoms with Crippen LogP contribution in [0.2, 0.25) is 0 Å². The van der Waals surface area contributed by atoms with Gasteiger partial charge in [-0.1, -0.05) is 0 Å². The van der Waals surface area contributed by atoms with Crippen LogP contribution in [0.15, 0.2) is 42.7 Å². The van der Waals surface area contributed by atoms with Gasteiger partial charge in [-0.2, -0.15) is 0 Å². The minimum atomic E-state index is -0.246. The Hall–Kier alpha value is -2.40. The Morgan fingerprint density at radius 2 is 2.04 bits per heavy atom. The van der Waals surface area contributed by atoms with Crippen LogP contribution < -0.4 is 10.1 Å². The second-order valence-electron chi connectivity index (χ2n) is 6.71. The number of aliphatic hydroxyl groups excluding tert-OH is 1. The Balaban J connectivity index is 1.74. The van der Waals surface area contributed by atoms with Crippen molar-refractivity contribution in [2.24, 2.45) is 5.92 Å². The first-order valence-electron chi connectivity index (χ1n) is 8.59. The lowest BCUT2D eigenvalue weighted by molar-refractivity contribution is 0.0239. The highest BCUT2D eigenvalue weighted by Gasteiger charge is 2.35. The first-order chi connectivity index (χ1) is 12.1. The zero-order valence-corrected chi connectivity index (χ0v) is 14.6. The van der Waals surface area contributed by atoms with Gasteiger partial charge >= 0.3 is 0 Å². The van der Waals surface area contributed by atoms with Crippen LogP contribution in [0.3, 0.4) is 0 Å². The first-order valence-corrected chi connectivity index (χ1v) is 8.59. The summed E-state index contributed by atoms with van der Waals surface area (Å²) in [5.41, 5.74) is 2.67. The van der Waals surface area contributed by atoms with Crippen molar-refractivity contribution in [3.63, 3.8) is 0 Å². The number of benzene rings is 1. The maximum Gasteiger partial charge on any atom is 0.251 e. The highest BCUT2D eigenvalue weighted by atomic mass is 16.5. The summed E-state index contributed by atoms with van der Waals surface area (Å²) in [7, 11) is 1.61. The van der Waals surface area contributed by atoms with E-state index >= 15 is 0 Å². The van der Waals surface area contributed by atoms with Crippen LogP contribution in [0, 0.1) is 12.8 Å². The number of aliphatic hydroxyl groups is 1. The van der Waals surface area contributed by atoms with Crippen LogP contribution in [-0.4, -0.2) is 35.3 Å². The van der Waals surface area contributed by atoms with Crippen LogP contribution in [0.1, 0.15) is 34.3 Å². The maximum absolute atomic E-state index is 12.8. The van der Waals surface area contributed by atoms with Gasteiger partial charge in [-0.05, 0) is 73.6 Å². The van der Waals surface area contributed by atoms with Crippen LogP contribution in [0.5, 0.6) is 5.75 Å². The third-order valence-electron chi connectivity index (χ3n) is 4.92. The van der Waals surface area contributed by atoms with E-state index in [1.807, 2.05) is 25.1 Å². The normalized spacial score (nSPS) is 20.4. The van der Waals surface area contributed by atoms with Crippen molar-refractivity contribution in [2.75, 3.05) is 7.11 Å². The van der Waals surface area contributed by atoms with E-state index in [-0.39, 0.29) is 18.1 Å². The lowest BCUT2D eigenvalue weighted by atomic mass is 9.75. The topological polar surface area (TPSA) is 71.5 Å². The average molecular weight is 340 g/mol. The largest absolute Gasteiger partial charge is 0.497 e. The van der Waals surface area contributed by atoms with E-state index in [1.165, 1.54) is 0 Å². The number of ether oxygens (including phenoxy) is 1. The highest BCUT2D eigenvalue weighted by Crippen LogP contribution is 2.32. The molecule has 0 unspecified atom stereocenters. The molecule has 5 heteroatoms. The van der Waals surface area contributed by atoms with E-state index in [1.54, 1.807) is 31.6 Å². The number of carbonyl (C=O) groups is 1. The molecule has 132 valence electrons. The van der Waals surface area contributed by atoms with Crippen LogP contribution in [0.25, 0.3) is 0 Å². The molecule has 0 saturated heterocycles. The van der Waals surface area contributed by atoms with Gasteiger partial charge < -0.3 is 15.2 Å². The molecule has 2 aromatic rings. The summed E-state index contributed by atoms with van der Waals surface area (Å²) < 4.78 is 5.20. The molecule has 1 heterocycles. The summed E-state index contributed by atoms with van der Waals surface area (Å²) in [5, 5.41) is 12.8. The number of nitrogens with zero attached hydrogens (tertiary/aromatic N) is 1. The fourth-order valence-corrected chi connectivity index (χ4v) is 3.33. The number of carbonyl (C=O) groups excluding carboxylic acids is 1. The van der Waals surface area contributed by atoms with Gasteiger partial charge in [-0.15, -0.1) is 0 Å². The van der Waals surface area contributed by atoms with Crippen molar-refractivity contribution in [3.8, 4) is 5.75 Å². The van der Waals surface area contributed by atoms with E-state index in [0.717, 1.165) is 36.1 Å². The van der Waals surface area contributed by atoms with Crippen molar-refractivity contribution in [1.82, 2.24) is 10.3 Å². The molecule has 3 rings (SSSR count). The number of hydrogen-bond donors (Lipinski definition) is 2. The van der Waals surface area contributed by atoms with E-state index in [2.05, 4.69) is 10.3 Å². The fourth-order valence-electron chi connectivity index (χ4n) is 3.33. The van der Waals surface area contributed by atoms with Gasteiger partial charge in [0.15, 0.2) is 0 Å². The summed E-state index contributed by atoms with van der Waals surface area (Å²) >= 11 is 0. The number of aryl methyl sites for hydroxylation is 1. The monoisotopic (exact) mass is 340 g/mol. The van der Waals surface area contributed by atoms with Crippen molar-refractivity contribution < 1.29 is 14.6 Å². The molecule has 0 bridgehead atoms. The zero-order valence-electron chi connectivity index (χ0n) is 14.6. The molecular formula is C20H24N2O3. The number of aromatic nitrogens is 1. The Morgan fingerprint density at radius 3 is 2.64 bits per heavy atom. The Morgan fingerprint density at radius 1 is 1.32 bits per heavy atom. The highest BCUT2D eigenvalue weighted by molar-refractivity contribution is 5.96. The van der Waals surface area contributed by atoms with Gasteiger partial charge in [0, 0.05) is 24.0 Å². The van der Waals surface area contributed by atoms with Crippen molar-refractivity contribution in [3.05, 3.63) is 59.4 Å². The van der Waals surface area contributed by atoms with E-state index < -0.39 is 0 Å². The zero-order chi connectivity index (χ0) is 17.8. The number of pyridine rings is 1. The van der Waals surface area contributed by atoms with Crippen molar-refractivity contribution in [1.29, 1.82) is 0 Å². The van der Waals surface area contributed by atoms with Gasteiger partial charge in [0.05, 0.1) is 13.2 Å². The summed E-state index contributed by atoms with van der Waals surface area (Å²) in [6, 6.07) is 9.38. The molecule has 1 atom stereocenters. The summed E-state index contributed by atoms with van der Waals surface area (Å²) in [6.45, 7) is 1.91. The van der Waals surface area contributed by atoms with Gasteiger partial charge in [0.1, 0.15) is 5.75 Å². The predicted molar refractivity (Wildman–Crippen MR) is 95.7 cm³/mol. The molecule has 1 fully saturated rings. The minimum absolute atomic E-state index is 0.000184. The second-order valence-corrected chi connectivity index (χ2v) is 6.71. The molecule has 1 amide bonds. The third-order valence-corrected chi connectivity index (χ3v) is 4.92. The van der Waals surface area contributed by atoms with Crippen molar-refractivity contribution >= 4 is 5.91 Å². The lowest BCUT2D eigenvalue weighted by Gasteiger charge is -2.38. The lowest BCUT2D eigenvalue weighted by Crippen LogP contribution is -2.48. The average Bonchev–Trinajstić information content (AvgIpc) is 2.59. The molecule has 1 aliphatic carbocycles. The van der Waals surface area contributed by atoms with Crippen LogP contribution in [-0.2, 0) is 6.42 Å². The molecule has 0 spiro atoms. The standard InChI is InChI=1S/C20H24N2O3/c1-13-9-17(25-2)3-4-18(13)20(24)22-19(15-11-16(23)12-15)10-14-5-7-21-8-6-14/h3-9,15-16,19,23H,10-12H2,1-2H3,(H,22,24)/t15?,16?,19-/m1/s1. The molecule has 0 radical (unpaired) electrons. The maximum atomic E-state index is 12.8. The minimum Gasteiger partial charge on any atom is -0.497 e. The Kier molecular flexibility index (Phi) is 5.34. The van der Waals surface area contributed by atoms with Crippen LogP contribution in [0.4, 0.5) is 0 Å². The molecule has 25 heavy (non-hydrogen) atoms. The second kappa shape index (κ2) is 7.66. The SMILES string of the molecule is COc1ccc(C(=O)N[C@H](Cc2ccncc2)C2CC(O)C2)c(C)c1. The molecule has 1 aliphatic rings. The van der Waals surface area contributed by atoms with Gasteiger partial charge in [-0.3, -0.25) is 9.78 Å². The van der Waals surface area contributed by atoms with Gasteiger partial charge in [-0.25, -0.2) is 0 Å². The van der Waals surface area contributed by atoms with E-state index in [9.17, 15) is 9.90 Å². The summed E-state index contributed by atoms with van der Waals surface area (Å²) in [4.78, 5) is 16.8. The predicted octanol–water partition coefficient (Wildman–Crippen LogP) is 2.51.